The maximum atomic E-state index is 12.1. The lowest BCUT2D eigenvalue weighted by Gasteiger charge is -2.23. The van der Waals surface area contributed by atoms with Crippen molar-refractivity contribution < 1.29 is 14.3 Å². The van der Waals surface area contributed by atoms with Gasteiger partial charge < -0.3 is 19.7 Å². The number of hydrogen-bond acceptors (Lipinski definition) is 4. The van der Waals surface area contributed by atoms with Gasteiger partial charge in [-0.15, -0.1) is 0 Å². The molecule has 6 heteroatoms. The van der Waals surface area contributed by atoms with Crippen LogP contribution in [-0.2, 0) is 0 Å². The van der Waals surface area contributed by atoms with Crippen LogP contribution in [0.5, 0.6) is 0 Å². The summed E-state index contributed by atoms with van der Waals surface area (Å²) in [6, 6.07) is 5.03. The Hall–Kier alpha value is -2.34. The quantitative estimate of drug-likeness (QED) is 0.910. The van der Waals surface area contributed by atoms with Crippen LogP contribution in [0.3, 0.4) is 0 Å². The van der Waals surface area contributed by atoms with Gasteiger partial charge >= 0.3 is 6.03 Å². The minimum absolute atomic E-state index is 0.0847. The van der Waals surface area contributed by atoms with Gasteiger partial charge in [0.1, 0.15) is 6.26 Å². The normalized spacial score (nSPS) is 12.0. The van der Waals surface area contributed by atoms with Gasteiger partial charge in [0, 0.05) is 18.3 Å². The Morgan fingerprint density at radius 1 is 1.45 bits per heavy atom. The van der Waals surface area contributed by atoms with Crippen LogP contribution in [0.25, 0.3) is 11.5 Å². The molecule has 22 heavy (non-hydrogen) atoms. The largest absolute Gasteiger partial charge is 0.444 e. The molecule has 2 rings (SSSR count). The van der Waals surface area contributed by atoms with E-state index in [1.54, 1.807) is 20.2 Å². The summed E-state index contributed by atoms with van der Waals surface area (Å²) >= 11 is 0. The fourth-order valence-corrected chi connectivity index (χ4v) is 1.94. The SMILES string of the molecule is Cc1coc(-c2cc(NC(=O)N(C)C(C)CO)ccc2C)n1. The molecule has 0 radical (unpaired) electrons. The molecule has 1 unspecified atom stereocenters. The van der Waals surface area contributed by atoms with Crippen molar-refractivity contribution >= 4 is 11.7 Å². The molecule has 0 fully saturated rings. The van der Waals surface area contributed by atoms with Crippen LogP contribution < -0.4 is 5.32 Å². The van der Waals surface area contributed by atoms with Crippen LogP contribution in [0, 0.1) is 13.8 Å². The van der Waals surface area contributed by atoms with Crippen molar-refractivity contribution in [3.8, 4) is 11.5 Å². The number of aliphatic hydroxyl groups is 1. The third kappa shape index (κ3) is 3.46. The van der Waals surface area contributed by atoms with Crippen LogP contribution in [0.2, 0.25) is 0 Å². The third-order valence-electron chi connectivity index (χ3n) is 3.58. The van der Waals surface area contributed by atoms with Crippen LogP contribution >= 0.6 is 0 Å². The number of likely N-dealkylation sites (N-methyl/N-ethyl adjacent to an activating group) is 1. The molecule has 1 heterocycles. The van der Waals surface area contributed by atoms with E-state index >= 15 is 0 Å². The molecule has 0 aliphatic rings. The van der Waals surface area contributed by atoms with Crippen molar-refractivity contribution in [1.82, 2.24) is 9.88 Å². The standard InChI is InChI=1S/C16H21N3O3/c1-10-5-6-13(18-16(21)19(4)12(3)8-20)7-14(10)15-17-11(2)9-22-15/h5-7,9,12,20H,8H2,1-4H3,(H,18,21). The van der Waals surface area contributed by atoms with Crippen LogP contribution in [0.15, 0.2) is 28.9 Å². The molecule has 2 amide bonds. The summed E-state index contributed by atoms with van der Waals surface area (Å²) in [6.07, 6.45) is 1.59. The van der Waals surface area contributed by atoms with Crippen molar-refractivity contribution in [1.29, 1.82) is 0 Å². The number of amides is 2. The number of aromatic nitrogens is 1. The molecule has 1 aromatic carbocycles. The Labute approximate surface area is 129 Å². The number of benzene rings is 1. The average Bonchev–Trinajstić information content (AvgIpc) is 2.93. The zero-order valence-corrected chi connectivity index (χ0v) is 13.3. The summed E-state index contributed by atoms with van der Waals surface area (Å²) in [6.45, 7) is 5.51. The Bertz CT molecular complexity index is 666. The second-order valence-electron chi connectivity index (χ2n) is 5.40. The number of oxazole rings is 1. The first-order valence-corrected chi connectivity index (χ1v) is 7.10. The predicted octanol–water partition coefficient (Wildman–Crippen LogP) is 2.80. The smallest absolute Gasteiger partial charge is 0.321 e. The Morgan fingerprint density at radius 3 is 2.77 bits per heavy atom. The maximum absolute atomic E-state index is 12.1. The fourth-order valence-electron chi connectivity index (χ4n) is 1.94. The highest BCUT2D eigenvalue weighted by Gasteiger charge is 2.16. The monoisotopic (exact) mass is 303 g/mol. The number of nitrogens with one attached hydrogen (secondary N) is 1. The van der Waals surface area contributed by atoms with Gasteiger partial charge in [-0.05, 0) is 38.5 Å². The molecular formula is C16H21N3O3. The lowest BCUT2D eigenvalue weighted by atomic mass is 10.1. The minimum atomic E-state index is -0.278. The average molecular weight is 303 g/mol. The first kappa shape index (κ1) is 16.0. The molecule has 6 nitrogen and oxygen atoms in total. The van der Waals surface area contributed by atoms with Gasteiger partial charge in [-0.2, -0.15) is 0 Å². The lowest BCUT2D eigenvalue weighted by molar-refractivity contribution is 0.166. The second-order valence-corrected chi connectivity index (χ2v) is 5.40. The van der Waals surface area contributed by atoms with E-state index in [1.807, 2.05) is 32.0 Å². The van der Waals surface area contributed by atoms with Gasteiger partial charge in [-0.3, -0.25) is 0 Å². The zero-order chi connectivity index (χ0) is 16.3. The van der Waals surface area contributed by atoms with Gasteiger partial charge in [0.25, 0.3) is 0 Å². The van der Waals surface area contributed by atoms with Gasteiger partial charge in [0.2, 0.25) is 5.89 Å². The molecule has 2 aromatic rings. The number of hydrogen-bond donors (Lipinski definition) is 2. The molecule has 1 aromatic heterocycles. The van der Waals surface area contributed by atoms with E-state index in [9.17, 15) is 4.79 Å². The highest BCUT2D eigenvalue weighted by Crippen LogP contribution is 2.26. The number of nitrogens with zero attached hydrogens (tertiary/aromatic N) is 2. The van der Waals surface area contributed by atoms with Crippen LogP contribution in [-0.4, -0.2) is 40.7 Å². The number of aliphatic hydroxyl groups excluding tert-OH is 1. The Kier molecular flexibility index (Phi) is 4.82. The predicted molar refractivity (Wildman–Crippen MR) is 84.7 cm³/mol. The molecule has 0 saturated carbocycles. The van der Waals surface area contributed by atoms with E-state index in [1.165, 1.54) is 4.90 Å². The van der Waals surface area contributed by atoms with Crippen molar-refractivity contribution in [3.63, 3.8) is 0 Å². The first-order valence-electron chi connectivity index (χ1n) is 7.10. The summed E-state index contributed by atoms with van der Waals surface area (Å²) in [5.74, 6) is 0.531. The van der Waals surface area contributed by atoms with Gasteiger partial charge in [0.15, 0.2) is 0 Å². The van der Waals surface area contributed by atoms with E-state index in [4.69, 9.17) is 9.52 Å². The summed E-state index contributed by atoms with van der Waals surface area (Å²) < 4.78 is 5.43. The molecule has 0 saturated heterocycles. The van der Waals surface area contributed by atoms with E-state index in [2.05, 4.69) is 10.3 Å². The number of aryl methyl sites for hydroxylation is 2. The molecular weight excluding hydrogens is 282 g/mol. The number of rotatable bonds is 4. The minimum Gasteiger partial charge on any atom is -0.444 e. The van der Waals surface area contributed by atoms with Gasteiger partial charge in [-0.25, -0.2) is 9.78 Å². The van der Waals surface area contributed by atoms with E-state index < -0.39 is 0 Å². The highest BCUT2D eigenvalue weighted by molar-refractivity contribution is 5.90. The topological polar surface area (TPSA) is 78.6 Å². The van der Waals surface area contributed by atoms with Crippen molar-refractivity contribution in [3.05, 3.63) is 35.7 Å². The molecule has 1 atom stereocenters. The number of anilines is 1. The third-order valence-corrected chi connectivity index (χ3v) is 3.58. The van der Waals surface area contributed by atoms with E-state index in [-0.39, 0.29) is 18.7 Å². The maximum Gasteiger partial charge on any atom is 0.321 e. The Balaban J connectivity index is 2.21. The Morgan fingerprint density at radius 2 is 2.18 bits per heavy atom. The first-order chi connectivity index (χ1) is 10.4. The summed E-state index contributed by atoms with van der Waals surface area (Å²) in [4.78, 5) is 17.9. The second kappa shape index (κ2) is 6.62. The van der Waals surface area contributed by atoms with Gasteiger partial charge in [0.05, 0.1) is 18.3 Å². The molecule has 2 N–H and O–H groups in total. The van der Waals surface area contributed by atoms with E-state index in [0.717, 1.165) is 16.8 Å². The molecule has 0 spiro atoms. The van der Waals surface area contributed by atoms with E-state index in [0.29, 0.717) is 11.6 Å². The zero-order valence-electron chi connectivity index (χ0n) is 13.3. The summed E-state index contributed by atoms with van der Waals surface area (Å²) in [5, 5.41) is 11.9. The van der Waals surface area contributed by atoms with Gasteiger partial charge in [-0.1, -0.05) is 6.07 Å². The molecule has 0 aliphatic heterocycles. The summed E-state index contributed by atoms with van der Waals surface area (Å²) in [5.41, 5.74) is 3.31. The lowest BCUT2D eigenvalue weighted by Crippen LogP contribution is -2.40. The van der Waals surface area contributed by atoms with Crippen LogP contribution in [0.1, 0.15) is 18.2 Å². The number of carbonyl (C=O) groups excluding carboxylic acids is 1. The van der Waals surface area contributed by atoms with Crippen molar-refractivity contribution in [2.75, 3.05) is 19.0 Å². The molecule has 0 bridgehead atoms. The summed E-state index contributed by atoms with van der Waals surface area (Å²) in [7, 11) is 1.64. The van der Waals surface area contributed by atoms with Crippen molar-refractivity contribution in [2.24, 2.45) is 0 Å². The van der Waals surface area contributed by atoms with Crippen molar-refractivity contribution in [2.45, 2.75) is 26.8 Å². The molecule has 118 valence electrons. The number of urea groups is 1. The highest BCUT2D eigenvalue weighted by atomic mass is 16.3. The van der Waals surface area contributed by atoms with Crippen LogP contribution in [0.4, 0.5) is 10.5 Å². The molecule has 0 aliphatic carbocycles. The fraction of sp³-hybridized carbons (Fsp3) is 0.375. The number of carbonyl (C=O) groups is 1.